The Morgan fingerprint density at radius 2 is 2.00 bits per heavy atom. The zero-order chi connectivity index (χ0) is 17.8. The molecule has 0 spiro atoms. The fourth-order valence-corrected chi connectivity index (χ4v) is 6.50. The van der Waals surface area contributed by atoms with E-state index in [1.54, 1.807) is 0 Å². The summed E-state index contributed by atoms with van der Waals surface area (Å²) in [4.78, 5) is 26.7. The molecular weight excluding hydrogens is 316 g/mol. The molecule has 1 saturated heterocycles. The van der Waals surface area contributed by atoms with Gasteiger partial charge in [-0.3, -0.25) is 14.5 Å². The molecule has 4 aliphatic rings. The second-order valence-corrected chi connectivity index (χ2v) is 9.29. The first-order chi connectivity index (χ1) is 11.9. The number of carboxylic acids is 1. The lowest BCUT2D eigenvalue weighted by Gasteiger charge is -2.31. The van der Waals surface area contributed by atoms with Crippen LogP contribution >= 0.6 is 0 Å². The first kappa shape index (κ1) is 17.3. The fourth-order valence-electron chi connectivity index (χ4n) is 6.50. The number of aliphatic carboxylic acids is 1. The van der Waals surface area contributed by atoms with Crippen molar-refractivity contribution in [3.63, 3.8) is 0 Å². The van der Waals surface area contributed by atoms with Gasteiger partial charge in [-0.25, -0.2) is 0 Å². The molecule has 1 heterocycles. The molecule has 0 aromatic heterocycles. The van der Waals surface area contributed by atoms with Crippen LogP contribution in [0.3, 0.4) is 0 Å². The molecule has 5 unspecified atom stereocenters. The van der Waals surface area contributed by atoms with Crippen LogP contribution in [-0.2, 0) is 9.59 Å². The highest BCUT2D eigenvalue weighted by Gasteiger charge is 2.56. The number of likely N-dealkylation sites (tertiary alicyclic amines) is 1. The van der Waals surface area contributed by atoms with Crippen LogP contribution in [0.25, 0.3) is 0 Å². The lowest BCUT2D eigenvalue weighted by atomic mass is 9.81. The van der Waals surface area contributed by atoms with Crippen LogP contribution in [0.15, 0.2) is 0 Å². The Kier molecular flexibility index (Phi) is 4.33. The third-order valence-electron chi connectivity index (χ3n) is 8.06. The zero-order valence-corrected chi connectivity index (χ0v) is 15.5. The molecule has 0 aromatic rings. The molecule has 1 aliphatic heterocycles. The molecule has 2 N–H and O–H groups in total. The summed E-state index contributed by atoms with van der Waals surface area (Å²) in [6.45, 7) is 5.39. The predicted octanol–water partition coefficient (Wildman–Crippen LogP) is 2.50. The largest absolute Gasteiger partial charge is 0.481 e. The second-order valence-electron chi connectivity index (χ2n) is 9.29. The highest BCUT2D eigenvalue weighted by Crippen LogP contribution is 2.50. The molecule has 140 valence electrons. The van der Waals surface area contributed by atoms with Gasteiger partial charge in [0.05, 0.1) is 11.5 Å². The Morgan fingerprint density at radius 3 is 2.60 bits per heavy atom. The Balaban J connectivity index is 1.36. The summed E-state index contributed by atoms with van der Waals surface area (Å²) in [5.41, 5.74) is -0.606. The lowest BCUT2D eigenvalue weighted by molar-refractivity contribution is -0.149. The summed E-state index contributed by atoms with van der Waals surface area (Å²) in [5, 5.41) is 13.0. The van der Waals surface area contributed by atoms with E-state index in [9.17, 15) is 14.7 Å². The number of nitrogens with one attached hydrogen (secondary N) is 1. The maximum atomic E-state index is 12.8. The third-order valence-corrected chi connectivity index (χ3v) is 8.06. The van der Waals surface area contributed by atoms with Crippen LogP contribution in [0, 0.1) is 29.1 Å². The van der Waals surface area contributed by atoms with E-state index < -0.39 is 11.4 Å². The van der Waals surface area contributed by atoms with Gasteiger partial charge in [0.1, 0.15) is 0 Å². The van der Waals surface area contributed by atoms with E-state index in [1.165, 1.54) is 25.7 Å². The number of carbonyl (C=O) groups excluding carboxylic acids is 1. The average molecular weight is 348 g/mol. The SMILES string of the molecule is CC(NC(=O)C(C)N1C[C@@H]2CCC[C@@]2(C(=O)O)C1)C1CC2CCC1C2. The highest BCUT2D eigenvalue weighted by molar-refractivity contribution is 5.82. The third kappa shape index (κ3) is 2.79. The maximum Gasteiger partial charge on any atom is 0.311 e. The van der Waals surface area contributed by atoms with Crippen LogP contribution < -0.4 is 5.32 Å². The normalized spacial score (nSPS) is 42.3. The van der Waals surface area contributed by atoms with Crippen LogP contribution in [0.1, 0.15) is 58.8 Å². The molecule has 0 aromatic carbocycles. The zero-order valence-electron chi connectivity index (χ0n) is 15.5. The monoisotopic (exact) mass is 348 g/mol. The van der Waals surface area contributed by atoms with E-state index in [4.69, 9.17) is 0 Å². The summed E-state index contributed by atoms with van der Waals surface area (Å²) in [6.07, 6.45) is 8.10. The summed E-state index contributed by atoms with van der Waals surface area (Å²) in [7, 11) is 0. The van der Waals surface area contributed by atoms with Crippen LogP contribution in [-0.4, -0.2) is 47.1 Å². The molecule has 5 heteroatoms. The van der Waals surface area contributed by atoms with Gasteiger partial charge >= 0.3 is 5.97 Å². The molecule has 7 atom stereocenters. The molecule has 2 bridgehead atoms. The summed E-state index contributed by atoms with van der Waals surface area (Å²) in [5.74, 6) is 1.95. The van der Waals surface area contributed by atoms with Crippen molar-refractivity contribution in [3.05, 3.63) is 0 Å². The Bertz CT molecular complexity index is 565. The van der Waals surface area contributed by atoms with Gasteiger partial charge in [-0.05, 0) is 69.6 Å². The number of nitrogens with zero attached hydrogens (tertiary/aromatic N) is 1. The minimum absolute atomic E-state index is 0.0794. The molecule has 0 radical (unpaired) electrons. The van der Waals surface area contributed by atoms with Crippen LogP contribution in [0.4, 0.5) is 0 Å². The van der Waals surface area contributed by atoms with Gasteiger partial charge in [0, 0.05) is 19.1 Å². The van der Waals surface area contributed by atoms with Gasteiger partial charge in [-0.1, -0.05) is 12.8 Å². The minimum Gasteiger partial charge on any atom is -0.481 e. The van der Waals surface area contributed by atoms with Crippen molar-refractivity contribution in [2.24, 2.45) is 29.1 Å². The van der Waals surface area contributed by atoms with Gasteiger partial charge in [-0.2, -0.15) is 0 Å². The highest BCUT2D eigenvalue weighted by atomic mass is 16.4. The number of rotatable bonds is 5. The number of carbonyl (C=O) groups is 2. The molecule has 3 saturated carbocycles. The number of hydrogen-bond donors (Lipinski definition) is 2. The van der Waals surface area contributed by atoms with Crippen molar-refractivity contribution in [1.29, 1.82) is 0 Å². The quantitative estimate of drug-likeness (QED) is 0.801. The molecule has 1 amide bonds. The summed E-state index contributed by atoms with van der Waals surface area (Å²) < 4.78 is 0. The Hall–Kier alpha value is -1.10. The smallest absolute Gasteiger partial charge is 0.311 e. The molecule has 4 fully saturated rings. The van der Waals surface area contributed by atoms with E-state index in [2.05, 4.69) is 17.1 Å². The molecular formula is C20H32N2O3. The summed E-state index contributed by atoms with van der Waals surface area (Å²) in [6, 6.07) is 0.00338. The van der Waals surface area contributed by atoms with E-state index in [0.717, 1.165) is 37.6 Å². The lowest BCUT2D eigenvalue weighted by Crippen LogP contribution is -2.50. The van der Waals surface area contributed by atoms with Crippen LogP contribution in [0.5, 0.6) is 0 Å². The van der Waals surface area contributed by atoms with E-state index in [0.29, 0.717) is 12.5 Å². The van der Waals surface area contributed by atoms with Crippen molar-refractivity contribution in [3.8, 4) is 0 Å². The van der Waals surface area contributed by atoms with E-state index in [1.807, 2.05) is 6.92 Å². The molecule has 4 rings (SSSR count). The fraction of sp³-hybridized carbons (Fsp3) is 0.900. The first-order valence-corrected chi connectivity index (χ1v) is 10.2. The predicted molar refractivity (Wildman–Crippen MR) is 95.0 cm³/mol. The van der Waals surface area contributed by atoms with Gasteiger partial charge in [0.2, 0.25) is 5.91 Å². The van der Waals surface area contributed by atoms with Gasteiger partial charge in [0.15, 0.2) is 0 Å². The topological polar surface area (TPSA) is 69.6 Å². The van der Waals surface area contributed by atoms with Gasteiger partial charge in [0.25, 0.3) is 0 Å². The van der Waals surface area contributed by atoms with Crippen LogP contribution in [0.2, 0.25) is 0 Å². The number of amides is 1. The summed E-state index contributed by atoms with van der Waals surface area (Å²) >= 11 is 0. The molecule has 3 aliphatic carbocycles. The molecule has 25 heavy (non-hydrogen) atoms. The van der Waals surface area contributed by atoms with E-state index in [-0.39, 0.29) is 23.9 Å². The number of hydrogen-bond acceptors (Lipinski definition) is 3. The van der Waals surface area contributed by atoms with Gasteiger partial charge in [-0.15, -0.1) is 0 Å². The standard InChI is InChI=1S/C20H32N2O3/c1-12(17-9-14-5-6-15(17)8-14)21-18(23)13(2)22-10-16-4-3-7-20(16,11-22)19(24)25/h12-17H,3-11H2,1-2H3,(H,21,23)(H,24,25)/t12?,13?,14?,15?,16-,17?,20+/m0/s1. The van der Waals surface area contributed by atoms with Gasteiger partial charge < -0.3 is 10.4 Å². The average Bonchev–Trinajstić information content (AvgIpc) is 3.32. The van der Waals surface area contributed by atoms with Crippen molar-refractivity contribution in [1.82, 2.24) is 10.2 Å². The minimum atomic E-state index is -0.666. The number of carboxylic acid groups (broad SMARTS) is 1. The van der Waals surface area contributed by atoms with Crippen molar-refractivity contribution in [2.75, 3.05) is 13.1 Å². The second kappa shape index (κ2) is 6.26. The Labute approximate surface area is 150 Å². The maximum absolute atomic E-state index is 12.8. The van der Waals surface area contributed by atoms with E-state index >= 15 is 0 Å². The van der Waals surface area contributed by atoms with Crippen molar-refractivity contribution in [2.45, 2.75) is 70.9 Å². The van der Waals surface area contributed by atoms with Crippen molar-refractivity contribution < 1.29 is 14.7 Å². The van der Waals surface area contributed by atoms with Crippen molar-refractivity contribution >= 4 is 11.9 Å². The molecule has 5 nitrogen and oxygen atoms in total. The number of fused-ring (bicyclic) bond motifs is 3. The Morgan fingerprint density at radius 1 is 1.20 bits per heavy atom. The first-order valence-electron chi connectivity index (χ1n) is 10.2.